The number of hydrogen-bond donors (Lipinski definition) is 2. The summed E-state index contributed by atoms with van der Waals surface area (Å²) >= 11 is 0. The highest BCUT2D eigenvalue weighted by atomic mass is 19.1. The Hall–Kier alpha value is -2.03. The summed E-state index contributed by atoms with van der Waals surface area (Å²) in [6.45, 7) is 11.6. The number of benzene rings is 1. The van der Waals surface area contributed by atoms with Crippen molar-refractivity contribution in [2.45, 2.75) is 48.0 Å². The number of ether oxygens (including phenoxy) is 1. The summed E-state index contributed by atoms with van der Waals surface area (Å²) < 4.78 is 18.4. The van der Waals surface area contributed by atoms with Crippen LogP contribution in [0.4, 0.5) is 4.39 Å². The summed E-state index contributed by atoms with van der Waals surface area (Å²) in [6, 6.07) is 3.60. The van der Waals surface area contributed by atoms with Crippen LogP contribution in [0.2, 0.25) is 0 Å². The number of carbonyl (C=O) groups is 2. The molecule has 0 aliphatic heterocycles. The van der Waals surface area contributed by atoms with Gasteiger partial charge >= 0.3 is 5.97 Å². The molecule has 8 heteroatoms. The molecule has 0 unspecified atom stereocenters. The van der Waals surface area contributed by atoms with Crippen molar-refractivity contribution in [3.05, 3.63) is 29.6 Å². The molecule has 1 aromatic rings. The Morgan fingerprint density at radius 3 is 2.12 bits per heavy atom. The third-order valence-electron chi connectivity index (χ3n) is 2.89. The number of halogens is 1. The maximum Gasteiger partial charge on any atom is 0.308 e. The molecule has 0 saturated heterocycles. The average Bonchev–Trinajstić information content (AvgIpc) is 2.63. The third kappa shape index (κ3) is 10.1. The smallest absolute Gasteiger partial charge is 0.308 e. The molecule has 0 spiro atoms. The molecule has 0 radical (unpaired) electrons. The fourth-order valence-corrected chi connectivity index (χ4v) is 1.86. The van der Waals surface area contributed by atoms with Gasteiger partial charge in [0.25, 0.3) is 5.91 Å². The highest BCUT2D eigenvalue weighted by molar-refractivity contribution is 5.94. The SMILES string of the molecule is CC.CC.CCN(CCCN(O)O)C(=O)c1ccc(OC(C)=O)c(F)c1. The van der Waals surface area contributed by atoms with Gasteiger partial charge in [-0.15, -0.1) is 0 Å². The summed E-state index contributed by atoms with van der Waals surface area (Å²) in [4.78, 5) is 24.5. The van der Waals surface area contributed by atoms with Gasteiger partial charge in [-0.25, -0.2) is 4.39 Å². The highest BCUT2D eigenvalue weighted by Crippen LogP contribution is 2.19. The molecular weight excluding hydrogens is 343 g/mol. The molecule has 0 saturated carbocycles. The van der Waals surface area contributed by atoms with Crippen molar-refractivity contribution >= 4 is 11.9 Å². The number of nitrogens with zero attached hydrogens (tertiary/aromatic N) is 2. The van der Waals surface area contributed by atoms with Crippen LogP contribution in [0.1, 0.15) is 58.3 Å². The molecule has 0 aliphatic rings. The molecule has 150 valence electrons. The van der Waals surface area contributed by atoms with Gasteiger partial charge in [-0.1, -0.05) is 32.9 Å². The van der Waals surface area contributed by atoms with Crippen molar-refractivity contribution in [1.29, 1.82) is 0 Å². The van der Waals surface area contributed by atoms with Crippen LogP contribution in [-0.2, 0) is 4.79 Å². The van der Waals surface area contributed by atoms with Crippen molar-refractivity contribution in [2.24, 2.45) is 0 Å². The first kappa shape index (κ1) is 26.2. The number of hydrogen-bond acceptors (Lipinski definition) is 6. The molecule has 0 heterocycles. The summed E-state index contributed by atoms with van der Waals surface area (Å²) in [6.07, 6.45) is 0.348. The van der Waals surface area contributed by atoms with Crippen LogP contribution in [0, 0.1) is 5.82 Å². The lowest BCUT2D eigenvalue weighted by Crippen LogP contribution is -2.33. The lowest BCUT2D eigenvalue weighted by molar-refractivity contribution is -0.306. The standard InChI is InChI=1S/C14H19FN2O5.2C2H6/c1-3-16(7-4-8-17(20)21)14(19)11-5-6-13(12(15)9-11)22-10(2)18;2*1-2/h5-6,9,20-21H,3-4,7-8H2,1-2H3;2*1-2H3. The zero-order valence-corrected chi connectivity index (χ0v) is 16.5. The van der Waals surface area contributed by atoms with Crippen LogP contribution >= 0.6 is 0 Å². The Labute approximate surface area is 154 Å². The Morgan fingerprint density at radius 2 is 1.69 bits per heavy atom. The second-order valence-electron chi connectivity index (χ2n) is 4.57. The van der Waals surface area contributed by atoms with E-state index in [9.17, 15) is 14.0 Å². The van der Waals surface area contributed by atoms with Gasteiger partial charge in [-0.2, -0.15) is 0 Å². The van der Waals surface area contributed by atoms with Gasteiger partial charge in [0.15, 0.2) is 11.6 Å². The number of amides is 1. The van der Waals surface area contributed by atoms with E-state index in [0.717, 1.165) is 13.0 Å². The molecule has 2 N–H and O–H groups in total. The van der Waals surface area contributed by atoms with Gasteiger partial charge in [-0.3, -0.25) is 20.0 Å². The van der Waals surface area contributed by atoms with Crippen LogP contribution in [0.5, 0.6) is 5.75 Å². The zero-order chi connectivity index (χ0) is 20.7. The quantitative estimate of drug-likeness (QED) is 0.429. The normalized spacial score (nSPS) is 9.46. The van der Waals surface area contributed by atoms with Crippen molar-refractivity contribution in [3.8, 4) is 5.75 Å². The fraction of sp³-hybridized carbons (Fsp3) is 0.556. The Balaban J connectivity index is 0. The molecule has 1 aromatic carbocycles. The molecule has 0 aliphatic carbocycles. The number of rotatable bonds is 7. The van der Waals surface area contributed by atoms with E-state index in [1.807, 2.05) is 27.7 Å². The lowest BCUT2D eigenvalue weighted by Gasteiger charge is -2.21. The minimum atomic E-state index is -0.797. The molecule has 1 amide bonds. The van der Waals surface area contributed by atoms with Crippen molar-refractivity contribution in [2.75, 3.05) is 19.6 Å². The van der Waals surface area contributed by atoms with Crippen LogP contribution in [0.15, 0.2) is 18.2 Å². The van der Waals surface area contributed by atoms with Crippen molar-refractivity contribution < 1.29 is 29.1 Å². The van der Waals surface area contributed by atoms with Gasteiger partial charge in [0.1, 0.15) is 0 Å². The van der Waals surface area contributed by atoms with E-state index >= 15 is 0 Å². The minimum Gasteiger partial charge on any atom is -0.424 e. The highest BCUT2D eigenvalue weighted by Gasteiger charge is 2.17. The van der Waals surface area contributed by atoms with E-state index in [2.05, 4.69) is 4.74 Å². The van der Waals surface area contributed by atoms with E-state index in [4.69, 9.17) is 10.4 Å². The molecule has 0 bridgehead atoms. The Bertz CT molecular complexity index is 538. The van der Waals surface area contributed by atoms with E-state index in [-0.39, 0.29) is 23.1 Å². The summed E-state index contributed by atoms with van der Waals surface area (Å²) in [7, 11) is 0. The zero-order valence-electron chi connectivity index (χ0n) is 16.5. The molecular formula is C18H31FN2O5. The van der Waals surface area contributed by atoms with E-state index < -0.39 is 17.7 Å². The maximum atomic E-state index is 13.8. The second kappa shape index (κ2) is 15.2. The number of carbonyl (C=O) groups excluding carboxylic acids is 2. The van der Waals surface area contributed by atoms with Crippen LogP contribution in [-0.4, -0.2) is 52.1 Å². The first-order valence-electron chi connectivity index (χ1n) is 8.77. The van der Waals surface area contributed by atoms with Crippen LogP contribution in [0.25, 0.3) is 0 Å². The fourth-order valence-electron chi connectivity index (χ4n) is 1.86. The molecule has 26 heavy (non-hydrogen) atoms. The number of hydroxylamine groups is 2. The summed E-state index contributed by atoms with van der Waals surface area (Å²) in [5, 5.41) is 17.3. The van der Waals surface area contributed by atoms with Crippen molar-refractivity contribution in [3.63, 3.8) is 0 Å². The Kier molecular flexibility index (Phi) is 15.4. The molecule has 0 fully saturated rings. The minimum absolute atomic E-state index is 0.0104. The van der Waals surface area contributed by atoms with Gasteiger partial charge in [0.2, 0.25) is 0 Å². The van der Waals surface area contributed by atoms with E-state index in [1.54, 1.807) is 6.92 Å². The van der Waals surface area contributed by atoms with Gasteiger partial charge in [-0.05, 0) is 31.5 Å². The molecule has 7 nitrogen and oxygen atoms in total. The Morgan fingerprint density at radius 1 is 1.12 bits per heavy atom. The lowest BCUT2D eigenvalue weighted by atomic mass is 10.1. The van der Waals surface area contributed by atoms with Gasteiger partial charge in [0.05, 0.1) is 6.54 Å². The van der Waals surface area contributed by atoms with Gasteiger partial charge < -0.3 is 9.64 Å². The van der Waals surface area contributed by atoms with E-state index in [1.165, 1.54) is 17.0 Å². The average molecular weight is 374 g/mol. The summed E-state index contributed by atoms with van der Waals surface area (Å²) in [5.41, 5.74) is 0.125. The first-order valence-corrected chi connectivity index (χ1v) is 8.77. The monoisotopic (exact) mass is 374 g/mol. The van der Waals surface area contributed by atoms with Gasteiger partial charge in [0, 0.05) is 25.6 Å². The third-order valence-corrected chi connectivity index (χ3v) is 2.89. The topological polar surface area (TPSA) is 90.3 Å². The predicted molar refractivity (Wildman–Crippen MR) is 96.9 cm³/mol. The molecule has 0 atom stereocenters. The number of esters is 1. The predicted octanol–water partition coefficient (Wildman–Crippen LogP) is 3.74. The molecule has 1 rings (SSSR count). The van der Waals surface area contributed by atoms with Crippen molar-refractivity contribution in [1.82, 2.24) is 10.1 Å². The maximum absolute atomic E-state index is 13.8. The first-order chi connectivity index (χ1) is 12.3. The second-order valence-corrected chi connectivity index (χ2v) is 4.57. The molecule has 0 aromatic heterocycles. The van der Waals surface area contributed by atoms with Crippen LogP contribution in [0.3, 0.4) is 0 Å². The van der Waals surface area contributed by atoms with Crippen LogP contribution < -0.4 is 4.74 Å². The van der Waals surface area contributed by atoms with E-state index in [0.29, 0.717) is 19.5 Å². The largest absolute Gasteiger partial charge is 0.424 e. The summed E-state index contributed by atoms with van der Waals surface area (Å²) in [5.74, 6) is -2.07.